The second kappa shape index (κ2) is 11.6. The molecule has 7 heteroatoms. The van der Waals surface area contributed by atoms with Gasteiger partial charge in [-0.1, -0.05) is 13.0 Å². The quantitative estimate of drug-likeness (QED) is 0.472. The zero-order chi connectivity index (χ0) is 19.5. The highest BCUT2D eigenvalue weighted by Crippen LogP contribution is 2.17. The van der Waals surface area contributed by atoms with Crippen molar-refractivity contribution < 1.29 is 14.7 Å². The second-order valence-corrected chi connectivity index (χ2v) is 6.98. The summed E-state index contributed by atoms with van der Waals surface area (Å²) in [4.78, 5) is 26.0. The monoisotopic (exact) mass is 376 g/mol. The number of rotatable bonds is 10. The number of unbranched alkanes of at least 4 members (excludes halogenated alkanes) is 1. The summed E-state index contributed by atoms with van der Waals surface area (Å²) in [6.45, 7) is 4.82. The highest BCUT2D eigenvalue weighted by molar-refractivity contribution is 5.93. The molecule has 1 fully saturated rings. The topological polar surface area (TPSA) is 93.7 Å². The summed E-state index contributed by atoms with van der Waals surface area (Å²) in [5.41, 5.74) is 1.32. The molecule has 0 aliphatic carbocycles. The van der Waals surface area contributed by atoms with Crippen LogP contribution in [0.2, 0.25) is 0 Å². The van der Waals surface area contributed by atoms with Crippen molar-refractivity contribution in [1.82, 2.24) is 10.2 Å². The first-order valence-electron chi connectivity index (χ1n) is 9.92. The molecule has 1 aliphatic rings. The summed E-state index contributed by atoms with van der Waals surface area (Å²) in [6.07, 6.45) is 5.41. The van der Waals surface area contributed by atoms with E-state index in [0.717, 1.165) is 45.2 Å². The van der Waals surface area contributed by atoms with Crippen LogP contribution < -0.4 is 16.0 Å². The predicted octanol–water partition coefficient (Wildman–Crippen LogP) is 2.78. The smallest absolute Gasteiger partial charge is 0.319 e. The van der Waals surface area contributed by atoms with Gasteiger partial charge >= 0.3 is 6.03 Å². The Kier molecular flexibility index (Phi) is 9.07. The third-order valence-electron chi connectivity index (χ3n) is 4.75. The summed E-state index contributed by atoms with van der Waals surface area (Å²) >= 11 is 0. The molecule has 1 aliphatic heterocycles. The summed E-state index contributed by atoms with van der Waals surface area (Å²) in [5, 5.41) is 17.8. The predicted molar refractivity (Wildman–Crippen MR) is 108 cm³/mol. The third kappa shape index (κ3) is 7.56. The maximum Gasteiger partial charge on any atom is 0.319 e. The van der Waals surface area contributed by atoms with E-state index in [1.807, 2.05) is 6.92 Å². The standard InChI is InChI=1S/C20H32N4O3/c1-2-7-19(26)22-16-8-5-9-17(14-16)23-20(27)21-11-3-4-12-24-13-6-10-18(24)15-25/h5,8-9,14,18,25H,2-4,6-7,10-13,15H2,1H3,(H,22,26)(H2,21,23,27). The van der Waals surface area contributed by atoms with Gasteiger partial charge in [0.15, 0.2) is 0 Å². The molecule has 2 rings (SSSR count). The fourth-order valence-corrected chi connectivity index (χ4v) is 3.34. The number of aliphatic hydroxyl groups excluding tert-OH is 1. The minimum Gasteiger partial charge on any atom is -0.395 e. The third-order valence-corrected chi connectivity index (χ3v) is 4.75. The molecule has 7 nitrogen and oxygen atoms in total. The Morgan fingerprint density at radius 2 is 2.00 bits per heavy atom. The highest BCUT2D eigenvalue weighted by atomic mass is 16.3. The zero-order valence-electron chi connectivity index (χ0n) is 16.2. The van der Waals surface area contributed by atoms with Gasteiger partial charge in [0.2, 0.25) is 5.91 Å². The van der Waals surface area contributed by atoms with Crippen molar-refractivity contribution in [2.45, 2.75) is 51.5 Å². The Balaban J connectivity index is 1.64. The summed E-state index contributed by atoms with van der Waals surface area (Å²) in [5.74, 6) is -0.0273. The maximum atomic E-state index is 12.0. The average molecular weight is 377 g/mol. The fraction of sp³-hybridized carbons (Fsp3) is 0.600. The van der Waals surface area contributed by atoms with Crippen molar-refractivity contribution >= 4 is 23.3 Å². The van der Waals surface area contributed by atoms with Crippen LogP contribution in [0.4, 0.5) is 16.2 Å². The van der Waals surface area contributed by atoms with Gasteiger partial charge in [-0.3, -0.25) is 9.69 Å². The van der Waals surface area contributed by atoms with Crippen molar-refractivity contribution in [3.05, 3.63) is 24.3 Å². The molecule has 1 aromatic carbocycles. The van der Waals surface area contributed by atoms with Gasteiger partial charge in [-0.2, -0.15) is 0 Å². The van der Waals surface area contributed by atoms with Crippen molar-refractivity contribution in [2.24, 2.45) is 0 Å². The molecule has 1 saturated heterocycles. The average Bonchev–Trinajstić information content (AvgIpc) is 3.09. The molecule has 27 heavy (non-hydrogen) atoms. The van der Waals surface area contributed by atoms with Gasteiger partial charge in [0.05, 0.1) is 6.61 Å². The highest BCUT2D eigenvalue weighted by Gasteiger charge is 2.22. The van der Waals surface area contributed by atoms with Gasteiger partial charge in [-0.25, -0.2) is 4.79 Å². The van der Waals surface area contributed by atoms with Gasteiger partial charge in [0.1, 0.15) is 0 Å². The number of likely N-dealkylation sites (tertiary alicyclic amines) is 1. The van der Waals surface area contributed by atoms with Gasteiger partial charge < -0.3 is 21.1 Å². The number of carbonyl (C=O) groups excluding carboxylic acids is 2. The Labute approximate surface area is 161 Å². The number of amides is 3. The number of carbonyl (C=O) groups is 2. The van der Waals surface area contributed by atoms with Crippen LogP contribution >= 0.6 is 0 Å². The van der Waals surface area contributed by atoms with Crippen LogP contribution in [0.25, 0.3) is 0 Å². The van der Waals surface area contributed by atoms with E-state index in [1.165, 1.54) is 0 Å². The van der Waals surface area contributed by atoms with E-state index < -0.39 is 0 Å². The number of benzene rings is 1. The van der Waals surface area contributed by atoms with Gasteiger partial charge in [-0.15, -0.1) is 0 Å². The van der Waals surface area contributed by atoms with Gasteiger partial charge in [0, 0.05) is 30.4 Å². The van der Waals surface area contributed by atoms with Crippen LogP contribution in [-0.4, -0.2) is 54.2 Å². The van der Waals surface area contributed by atoms with E-state index >= 15 is 0 Å². The molecular formula is C20H32N4O3. The summed E-state index contributed by atoms with van der Waals surface area (Å²) in [7, 11) is 0. The molecule has 0 radical (unpaired) electrons. The minimum absolute atomic E-state index is 0.0273. The minimum atomic E-state index is -0.249. The number of aliphatic hydroxyl groups is 1. The molecule has 0 saturated carbocycles. The Hall–Kier alpha value is -2.12. The Morgan fingerprint density at radius 3 is 2.74 bits per heavy atom. The lowest BCUT2D eigenvalue weighted by atomic mass is 10.2. The first kappa shape index (κ1) is 21.2. The normalized spacial score (nSPS) is 16.9. The van der Waals surface area contributed by atoms with Crippen molar-refractivity contribution in [1.29, 1.82) is 0 Å². The molecule has 0 aromatic heterocycles. The molecule has 1 heterocycles. The lowest BCUT2D eigenvalue weighted by Crippen LogP contribution is -2.34. The number of hydrogen-bond acceptors (Lipinski definition) is 4. The van der Waals surface area contributed by atoms with Crippen LogP contribution in [0.15, 0.2) is 24.3 Å². The van der Waals surface area contributed by atoms with E-state index in [4.69, 9.17) is 0 Å². The molecule has 3 amide bonds. The van der Waals surface area contributed by atoms with Crippen LogP contribution in [0.1, 0.15) is 45.4 Å². The molecular weight excluding hydrogens is 344 g/mol. The summed E-state index contributed by atoms with van der Waals surface area (Å²) in [6, 6.07) is 7.19. The SMILES string of the molecule is CCCC(=O)Nc1cccc(NC(=O)NCCCCN2CCCC2CO)c1. The van der Waals surface area contributed by atoms with Crippen LogP contribution in [0, 0.1) is 0 Å². The molecule has 1 atom stereocenters. The molecule has 1 unspecified atom stereocenters. The molecule has 4 N–H and O–H groups in total. The number of hydrogen-bond donors (Lipinski definition) is 4. The van der Waals surface area contributed by atoms with Crippen molar-refractivity contribution in [3.8, 4) is 0 Å². The number of anilines is 2. The number of urea groups is 1. The molecule has 1 aromatic rings. The molecule has 150 valence electrons. The van der Waals surface area contributed by atoms with E-state index in [0.29, 0.717) is 30.4 Å². The summed E-state index contributed by atoms with van der Waals surface area (Å²) < 4.78 is 0. The molecule has 0 spiro atoms. The van der Waals surface area contributed by atoms with Gasteiger partial charge in [-0.05, 0) is 63.4 Å². The number of nitrogens with zero attached hydrogens (tertiary/aromatic N) is 1. The Morgan fingerprint density at radius 1 is 1.22 bits per heavy atom. The van der Waals surface area contributed by atoms with Crippen LogP contribution in [0.3, 0.4) is 0 Å². The first-order valence-corrected chi connectivity index (χ1v) is 9.92. The largest absolute Gasteiger partial charge is 0.395 e. The maximum absolute atomic E-state index is 12.0. The van der Waals surface area contributed by atoms with E-state index in [1.54, 1.807) is 24.3 Å². The first-order chi connectivity index (χ1) is 13.1. The fourth-order valence-electron chi connectivity index (χ4n) is 3.34. The van der Waals surface area contributed by atoms with E-state index in [2.05, 4.69) is 20.9 Å². The van der Waals surface area contributed by atoms with Crippen molar-refractivity contribution in [3.63, 3.8) is 0 Å². The van der Waals surface area contributed by atoms with Crippen molar-refractivity contribution in [2.75, 3.05) is 36.9 Å². The lowest BCUT2D eigenvalue weighted by molar-refractivity contribution is -0.116. The number of nitrogens with one attached hydrogen (secondary N) is 3. The van der Waals surface area contributed by atoms with Crippen LogP contribution in [-0.2, 0) is 4.79 Å². The Bertz CT molecular complexity index is 609. The van der Waals surface area contributed by atoms with E-state index in [-0.39, 0.29) is 18.5 Å². The second-order valence-electron chi connectivity index (χ2n) is 6.98. The van der Waals surface area contributed by atoms with E-state index in [9.17, 15) is 14.7 Å². The molecule has 0 bridgehead atoms. The van der Waals surface area contributed by atoms with Gasteiger partial charge in [0.25, 0.3) is 0 Å². The zero-order valence-corrected chi connectivity index (χ0v) is 16.2. The van der Waals surface area contributed by atoms with Crippen LogP contribution in [0.5, 0.6) is 0 Å². The lowest BCUT2D eigenvalue weighted by Gasteiger charge is -2.22.